The zero-order chi connectivity index (χ0) is 15.2. The molecule has 5 heteroatoms. The molecule has 0 aromatic heterocycles. The Labute approximate surface area is 133 Å². The van der Waals surface area contributed by atoms with Crippen molar-refractivity contribution in [3.05, 3.63) is 23.5 Å². The Balaban J connectivity index is 2.02. The zero-order valence-electron chi connectivity index (χ0n) is 12.5. The number of ether oxygens (including phenoxy) is 3. The van der Waals surface area contributed by atoms with Gasteiger partial charge in [-0.15, -0.1) is 0 Å². The monoisotopic (exact) mass is 360 g/mol. The first kappa shape index (κ1) is 16.6. The number of rotatable bonds is 6. The number of methoxy groups -OCH3 is 2. The van der Waals surface area contributed by atoms with E-state index in [1.165, 1.54) is 19.6 Å². The van der Waals surface area contributed by atoms with Crippen LogP contribution in [0, 0.1) is 5.82 Å². The summed E-state index contributed by atoms with van der Waals surface area (Å²) in [6, 6.07) is 3.08. The fourth-order valence-corrected chi connectivity index (χ4v) is 3.25. The van der Waals surface area contributed by atoms with Crippen LogP contribution in [0.5, 0.6) is 11.5 Å². The average Bonchev–Trinajstić information content (AvgIpc) is 2.53. The highest BCUT2D eigenvalue weighted by molar-refractivity contribution is 9.09. The molecule has 1 saturated heterocycles. The molecule has 1 aliphatic rings. The Bertz CT molecular complexity index is 461. The molecule has 0 spiro atoms. The van der Waals surface area contributed by atoms with Crippen LogP contribution in [-0.2, 0) is 4.74 Å². The lowest BCUT2D eigenvalue weighted by molar-refractivity contribution is 0.0101. The van der Waals surface area contributed by atoms with Crippen molar-refractivity contribution in [2.45, 2.75) is 43.0 Å². The van der Waals surface area contributed by atoms with Crippen LogP contribution in [0.15, 0.2) is 12.1 Å². The predicted molar refractivity (Wildman–Crippen MR) is 84.0 cm³/mol. The molecule has 0 bridgehead atoms. The molecular weight excluding hydrogens is 339 g/mol. The van der Waals surface area contributed by atoms with Crippen LogP contribution >= 0.6 is 15.9 Å². The van der Waals surface area contributed by atoms with Crippen LogP contribution in [0.4, 0.5) is 4.39 Å². The molecule has 21 heavy (non-hydrogen) atoms. The standard InChI is InChI=1S/C16H22BrFO3/c1-19-15-9-12(14(18)10-16(15)20-2)13(17)7-6-11-5-3-4-8-21-11/h9-11,13H,3-8H2,1-2H3. The molecule has 2 unspecified atom stereocenters. The van der Waals surface area contributed by atoms with E-state index in [2.05, 4.69) is 15.9 Å². The van der Waals surface area contributed by atoms with E-state index in [1.807, 2.05) is 0 Å². The van der Waals surface area contributed by atoms with Gasteiger partial charge in [-0.25, -0.2) is 4.39 Å². The maximum atomic E-state index is 14.2. The van der Waals surface area contributed by atoms with Crippen molar-refractivity contribution < 1.29 is 18.6 Å². The molecule has 118 valence electrons. The van der Waals surface area contributed by atoms with E-state index in [0.717, 1.165) is 32.3 Å². The van der Waals surface area contributed by atoms with Gasteiger partial charge >= 0.3 is 0 Å². The highest BCUT2D eigenvalue weighted by Crippen LogP contribution is 2.37. The first-order valence-electron chi connectivity index (χ1n) is 7.32. The summed E-state index contributed by atoms with van der Waals surface area (Å²) in [5, 5.41) is 0. The maximum Gasteiger partial charge on any atom is 0.163 e. The van der Waals surface area contributed by atoms with Gasteiger partial charge in [0.2, 0.25) is 0 Å². The second kappa shape index (κ2) is 7.99. The Morgan fingerprint density at radius 2 is 2.00 bits per heavy atom. The number of halogens is 2. The molecule has 2 atom stereocenters. The molecule has 1 heterocycles. The van der Waals surface area contributed by atoms with Crippen molar-refractivity contribution in [3.8, 4) is 11.5 Å². The van der Waals surface area contributed by atoms with Crippen LogP contribution in [0.3, 0.4) is 0 Å². The van der Waals surface area contributed by atoms with E-state index < -0.39 is 0 Å². The topological polar surface area (TPSA) is 27.7 Å². The Kier molecular flexibility index (Phi) is 6.30. The molecule has 0 saturated carbocycles. The summed E-state index contributed by atoms with van der Waals surface area (Å²) in [6.45, 7) is 0.850. The second-order valence-corrected chi connectivity index (χ2v) is 6.37. The molecule has 0 amide bonds. The summed E-state index contributed by atoms with van der Waals surface area (Å²) in [4.78, 5) is -0.0529. The third-order valence-corrected chi connectivity index (χ3v) is 4.81. The lowest BCUT2D eigenvalue weighted by Gasteiger charge is -2.23. The fourth-order valence-electron chi connectivity index (χ4n) is 2.63. The number of alkyl halides is 1. The van der Waals surface area contributed by atoms with Gasteiger partial charge in [-0.2, -0.15) is 0 Å². The minimum Gasteiger partial charge on any atom is -0.493 e. The van der Waals surface area contributed by atoms with E-state index in [4.69, 9.17) is 14.2 Å². The first-order valence-corrected chi connectivity index (χ1v) is 8.24. The second-order valence-electron chi connectivity index (χ2n) is 5.26. The molecular formula is C16H22BrFO3. The van der Waals surface area contributed by atoms with E-state index in [-0.39, 0.29) is 10.6 Å². The summed E-state index contributed by atoms with van der Waals surface area (Å²) < 4.78 is 30.2. The van der Waals surface area contributed by atoms with Gasteiger partial charge in [0.05, 0.1) is 20.3 Å². The van der Waals surface area contributed by atoms with Gasteiger partial charge in [-0.3, -0.25) is 0 Å². The van der Waals surface area contributed by atoms with Crippen molar-refractivity contribution in [1.29, 1.82) is 0 Å². The SMILES string of the molecule is COc1cc(F)c(C(Br)CCC2CCCCO2)cc1OC. The van der Waals surface area contributed by atoms with Gasteiger partial charge in [-0.1, -0.05) is 15.9 Å². The van der Waals surface area contributed by atoms with Crippen LogP contribution in [0.1, 0.15) is 42.5 Å². The summed E-state index contributed by atoms with van der Waals surface area (Å²) >= 11 is 3.58. The minimum atomic E-state index is -0.279. The molecule has 1 aromatic rings. The normalized spacial score (nSPS) is 20.1. The number of hydrogen-bond acceptors (Lipinski definition) is 3. The van der Waals surface area contributed by atoms with Crippen molar-refractivity contribution in [2.24, 2.45) is 0 Å². The van der Waals surface area contributed by atoms with Crippen molar-refractivity contribution >= 4 is 15.9 Å². The van der Waals surface area contributed by atoms with Gasteiger partial charge in [0, 0.05) is 23.1 Å². The van der Waals surface area contributed by atoms with Gasteiger partial charge in [-0.05, 0) is 38.2 Å². The van der Waals surface area contributed by atoms with Crippen LogP contribution < -0.4 is 9.47 Å². The number of benzene rings is 1. The fraction of sp³-hybridized carbons (Fsp3) is 0.625. The molecule has 1 fully saturated rings. The molecule has 1 aromatic carbocycles. The molecule has 0 aliphatic carbocycles. The van der Waals surface area contributed by atoms with Crippen molar-refractivity contribution in [2.75, 3.05) is 20.8 Å². The van der Waals surface area contributed by atoms with E-state index in [0.29, 0.717) is 23.2 Å². The van der Waals surface area contributed by atoms with Crippen LogP contribution in [0.2, 0.25) is 0 Å². The highest BCUT2D eigenvalue weighted by atomic mass is 79.9. The third kappa shape index (κ3) is 4.33. The number of hydrogen-bond donors (Lipinski definition) is 0. The summed E-state index contributed by atoms with van der Waals surface area (Å²) in [6.07, 6.45) is 5.55. The summed E-state index contributed by atoms with van der Waals surface area (Å²) in [7, 11) is 3.06. The van der Waals surface area contributed by atoms with Crippen LogP contribution in [0.25, 0.3) is 0 Å². The van der Waals surface area contributed by atoms with Gasteiger partial charge in [0.15, 0.2) is 11.5 Å². The molecule has 1 aliphatic heterocycles. The third-order valence-electron chi connectivity index (χ3n) is 3.86. The Hall–Kier alpha value is -0.810. The zero-order valence-corrected chi connectivity index (χ0v) is 14.1. The van der Waals surface area contributed by atoms with Crippen LogP contribution in [-0.4, -0.2) is 26.9 Å². The van der Waals surface area contributed by atoms with Crippen molar-refractivity contribution in [3.63, 3.8) is 0 Å². The van der Waals surface area contributed by atoms with E-state index in [9.17, 15) is 4.39 Å². The van der Waals surface area contributed by atoms with Gasteiger partial charge < -0.3 is 14.2 Å². The molecule has 2 rings (SSSR count). The molecule has 0 radical (unpaired) electrons. The Morgan fingerprint density at radius 1 is 1.29 bits per heavy atom. The smallest absolute Gasteiger partial charge is 0.163 e. The maximum absolute atomic E-state index is 14.2. The van der Waals surface area contributed by atoms with E-state index >= 15 is 0 Å². The largest absolute Gasteiger partial charge is 0.493 e. The van der Waals surface area contributed by atoms with Gasteiger partial charge in [0.1, 0.15) is 5.82 Å². The van der Waals surface area contributed by atoms with Gasteiger partial charge in [0.25, 0.3) is 0 Å². The summed E-state index contributed by atoms with van der Waals surface area (Å²) in [5.41, 5.74) is 0.600. The lowest BCUT2D eigenvalue weighted by atomic mass is 10.0. The summed E-state index contributed by atoms with van der Waals surface area (Å²) in [5.74, 6) is 0.681. The molecule has 0 N–H and O–H groups in total. The van der Waals surface area contributed by atoms with Crippen molar-refractivity contribution in [1.82, 2.24) is 0 Å². The average molecular weight is 361 g/mol. The highest BCUT2D eigenvalue weighted by Gasteiger charge is 2.20. The quantitative estimate of drug-likeness (QED) is 0.692. The minimum absolute atomic E-state index is 0.0529. The first-order chi connectivity index (χ1) is 10.2. The lowest BCUT2D eigenvalue weighted by Crippen LogP contribution is -2.19. The van der Waals surface area contributed by atoms with E-state index in [1.54, 1.807) is 13.2 Å². The Morgan fingerprint density at radius 3 is 2.62 bits per heavy atom. The predicted octanol–water partition coefficient (Wildman–Crippen LogP) is 4.63. The molecule has 3 nitrogen and oxygen atoms in total.